The highest BCUT2D eigenvalue weighted by Gasteiger charge is 2.21. The predicted octanol–water partition coefficient (Wildman–Crippen LogP) is 7.78. The Morgan fingerprint density at radius 1 is 0.562 bits per heavy atom. The molecule has 0 spiro atoms. The molecule has 6 heteroatoms. The van der Waals surface area contributed by atoms with E-state index in [1.54, 1.807) is 20.8 Å². The van der Waals surface area contributed by atoms with E-state index in [9.17, 15) is 9.59 Å². The molecule has 0 aromatic rings. The maximum absolute atomic E-state index is 11.4. The van der Waals surface area contributed by atoms with Crippen molar-refractivity contribution in [2.45, 2.75) is 149 Å². The standard InChI is InChI=1S/C26H50O6/c1-5-6-7-8-9-10-11-12-13-14-15-16-17-18-19-20-21-22-23-29-24(27)25(28)30-32-31-26(2,3)4/h5-23H2,1-4H3. The van der Waals surface area contributed by atoms with Crippen molar-refractivity contribution >= 4 is 11.9 Å². The van der Waals surface area contributed by atoms with Crippen molar-refractivity contribution in [2.75, 3.05) is 6.61 Å². The molecule has 0 rings (SSSR count). The lowest BCUT2D eigenvalue weighted by Gasteiger charge is -2.14. The monoisotopic (exact) mass is 458 g/mol. The van der Waals surface area contributed by atoms with E-state index in [0.29, 0.717) is 0 Å². The summed E-state index contributed by atoms with van der Waals surface area (Å²) in [6.45, 7) is 7.65. The van der Waals surface area contributed by atoms with Crippen molar-refractivity contribution in [3.05, 3.63) is 0 Å². The van der Waals surface area contributed by atoms with Gasteiger partial charge in [0, 0.05) is 0 Å². The zero-order valence-corrected chi connectivity index (χ0v) is 21.4. The van der Waals surface area contributed by atoms with E-state index in [1.165, 1.54) is 96.3 Å². The number of hydrogen-bond acceptors (Lipinski definition) is 6. The minimum Gasteiger partial charge on any atom is -0.457 e. The fourth-order valence-corrected chi connectivity index (χ4v) is 3.41. The summed E-state index contributed by atoms with van der Waals surface area (Å²) in [5.41, 5.74) is -0.642. The lowest BCUT2D eigenvalue weighted by molar-refractivity contribution is -0.513. The van der Waals surface area contributed by atoms with Gasteiger partial charge in [-0.05, 0) is 32.2 Å². The van der Waals surface area contributed by atoms with Gasteiger partial charge in [-0.25, -0.2) is 9.59 Å². The largest absolute Gasteiger partial charge is 0.457 e. The van der Waals surface area contributed by atoms with Gasteiger partial charge in [0.1, 0.15) is 0 Å². The highest BCUT2D eigenvalue weighted by molar-refractivity contribution is 6.29. The summed E-state index contributed by atoms with van der Waals surface area (Å²) in [6.07, 6.45) is 23.4. The third-order valence-electron chi connectivity index (χ3n) is 5.29. The molecule has 0 heterocycles. The van der Waals surface area contributed by atoms with Gasteiger partial charge in [-0.15, -0.1) is 0 Å². The molecule has 0 aromatic heterocycles. The van der Waals surface area contributed by atoms with E-state index in [2.05, 4.69) is 16.8 Å². The first-order valence-corrected chi connectivity index (χ1v) is 13.1. The molecule has 0 unspecified atom stereocenters. The van der Waals surface area contributed by atoms with Crippen molar-refractivity contribution in [3.63, 3.8) is 0 Å². The molecule has 0 aliphatic rings. The summed E-state index contributed by atoms with van der Waals surface area (Å²) < 4.78 is 4.87. The molecule has 0 radical (unpaired) electrons. The van der Waals surface area contributed by atoms with Crippen LogP contribution in [0.1, 0.15) is 143 Å². The molecule has 0 atom stereocenters. The number of unbranched alkanes of at least 4 members (excludes halogenated alkanes) is 17. The van der Waals surface area contributed by atoms with Crippen LogP contribution in [0.5, 0.6) is 0 Å². The van der Waals surface area contributed by atoms with Crippen LogP contribution >= 0.6 is 0 Å². The van der Waals surface area contributed by atoms with Crippen molar-refractivity contribution < 1.29 is 29.1 Å². The Labute approximate surface area is 196 Å². The maximum Gasteiger partial charge on any atom is 0.453 e. The van der Waals surface area contributed by atoms with Gasteiger partial charge in [0.05, 0.1) is 12.2 Å². The molecule has 0 fully saturated rings. The summed E-state index contributed by atoms with van der Waals surface area (Å²) in [6, 6.07) is 0. The van der Waals surface area contributed by atoms with Gasteiger partial charge in [-0.1, -0.05) is 116 Å². The van der Waals surface area contributed by atoms with Crippen LogP contribution in [0, 0.1) is 0 Å². The number of carbonyl (C=O) groups excluding carboxylic acids is 2. The second-order valence-corrected chi connectivity index (χ2v) is 9.78. The molecule has 32 heavy (non-hydrogen) atoms. The van der Waals surface area contributed by atoms with Crippen LogP contribution < -0.4 is 0 Å². The van der Waals surface area contributed by atoms with Gasteiger partial charge < -0.3 is 4.74 Å². The zero-order valence-electron chi connectivity index (χ0n) is 21.4. The molecule has 6 nitrogen and oxygen atoms in total. The third kappa shape index (κ3) is 23.5. The van der Waals surface area contributed by atoms with E-state index in [1.807, 2.05) is 0 Å². The Balaban J connectivity index is 3.26. The van der Waals surface area contributed by atoms with Crippen LogP contribution in [0.2, 0.25) is 0 Å². The van der Waals surface area contributed by atoms with E-state index < -0.39 is 17.5 Å². The summed E-state index contributed by atoms with van der Waals surface area (Å²) in [7, 11) is 0. The Hall–Kier alpha value is -1.14. The molecule has 190 valence electrons. The van der Waals surface area contributed by atoms with Crippen molar-refractivity contribution in [2.24, 2.45) is 0 Å². The Morgan fingerprint density at radius 3 is 1.31 bits per heavy atom. The molecule has 0 aliphatic heterocycles. The SMILES string of the molecule is CCCCCCCCCCCCCCCCCCCCOC(=O)C(=O)OOOC(C)(C)C. The van der Waals surface area contributed by atoms with Crippen LogP contribution in [0.25, 0.3) is 0 Å². The predicted molar refractivity (Wildman–Crippen MR) is 128 cm³/mol. The quantitative estimate of drug-likeness (QED) is 0.0575. The highest BCUT2D eigenvalue weighted by Crippen LogP contribution is 2.14. The number of rotatable bonds is 21. The number of carbonyl (C=O) groups is 2. The first-order chi connectivity index (χ1) is 15.4. The molecular weight excluding hydrogens is 408 g/mol. The fourth-order valence-electron chi connectivity index (χ4n) is 3.41. The van der Waals surface area contributed by atoms with E-state index in [0.717, 1.165) is 19.3 Å². The molecule has 0 saturated carbocycles. The van der Waals surface area contributed by atoms with Crippen LogP contribution in [-0.4, -0.2) is 24.1 Å². The number of ether oxygens (including phenoxy) is 1. The first-order valence-electron chi connectivity index (χ1n) is 13.1. The van der Waals surface area contributed by atoms with Crippen LogP contribution in [0.3, 0.4) is 0 Å². The molecule has 0 N–H and O–H groups in total. The third-order valence-corrected chi connectivity index (χ3v) is 5.29. The molecule has 0 bridgehead atoms. The fraction of sp³-hybridized carbons (Fsp3) is 0.923. The summed E-state index contributed by atoms with van der Waals surface area (Å²) in [5.74, 6) is -2.27. The summed E-state index contributed by atoms with van der Waals surface area (Å²) >= 11 is 0. The number of hydrogen-bond donors (Lipinski definition) is 0. The Bertz CT molecular complexity index is 444. The smallest absolute Gasteiger partial charge is 0.453 e. The van der Waals surface area contributed by atoms with E-state index in [-0.39, 0.29) is 6.61 Å². The average molecular weight is 459 g/mol. The lowest BCUT2D eigenvalue weighted by atomic mass is 10.0. The van der Waals surface area contributed by atoms with Crippen LogP contribution in [-0.2, 0) is 29.1 Å². The summed E-state index contributed by atoms with van der Waals surface area (Å²) in [5, 5.41) is 4.27. The average Bonchev–Trinajstić information content (AvgIpc) is 2.74. The second-order valence-electron chi connectivity index (χ2n) is 9.78. The van der Waals surface area contributed by atoms with Crippen molar-refractivity contribution in [3.8, 4) is 0 Å². The van der Waals surface area contributed by atoms with Crippen LogP contribution in [0.4, 0.5) is 0 Å². The van der Waals surface area contributed by atoms with Gasteiger partial charge in [-0.2, -0.15) is 4.89 Å². The van der Waals surface area contributed by atoms with Gasteiger partial charge in [-0.3, -0.25) is 4.89 Å². The lowest BCUT2D eigenvalue weighted by Crippen LogP contribution is -2.25. The topological polar surface area (TPSA) is 71.1 Å². The molecule has 0 aliphatic carbocycles. The van der Waals surface area contributed by atoms with Crippen LogP contribution in [0.15, 0.2) is 0 Å². The van der Waals surface area contributed by atoms with Gasteiger partial charge >= 0.3 is 11.9 Å². The first kappa shape index (κ1) is 30.9. The van der Waals surface area contributed by atoms with E-state index >= 15 is 0 Å². The molecule has 0 saturated heterocycles. The minimum atomic E-state index is -1.21. The number of esters is 1. The molecule has 0 amide bonds. The van der Waals surface area contributed by atoms with Crippen molar-refractivity contribution in [1.82, 2.24) is 0 Å². The Morgan fingerprint density at radius 2 is 0.938 bits per heavy atom. The zero-order chi connectivity index (χ0) is 23.9. The van der Waals surface area contributed by atoms with Gasteiger partial charge in [0.15, 0.2) is 0 Å². The van der Waals surface area contributed by atoms with Gasteiger partial charge in [0.2, 0.25) is 0 Å². The molecular formula is C26H50O6. The second kappa shape index (κ2) is 21.7. The normalized spacial score (nSPS) is 11.5. The molecule has 0 aromatic carbocycles. The highest BCUT2D eigenvalue weighted by atomic mass is 17.5. The Kier molecular flexibility index (Phi) is 20.9. The van der Waals surface area contributed by atoms with E-state index in [4.69, 9.17) is 9.62 Å². The minimum absolute atomic E-state index is 0.215. The van der Waals surface area contributed by atoms with Gasteiger partial charge in [0.25, 0.3) is 0 Å². The maximum atomic E-state index is 11.4. The van der Waals surface area contributed by atoms with Crippen molar-refractivity contribution in [1.29, 1.82) is 0 Å². The summed E-state index contributed by atoms with van der Waals surface area (Å²) in [4.78, 5) is 31.8.